The minimum Gasteiger partial charge on any atom is -0.487 e. The molecule has 1 N–H and O–H groups in total. The van der Waals surface area contributed by atoms with Crippen molar-refractivity contribution in [3.63, 3.8) is 0 Å². The third kappa shape index (κ3) is 4.00. The fraction of sp³-hybridized carbons (Fsp3) is 0.188. The standard InChI is InChI=1S/C16H15ClO3/c1-11-5-6-15(14(17)7-11)20-10-13-4-2-3-12(8-13)9-16(18)19/h2-8H,9-10H2,1H3,(H,18,19). The summed E-state index contributed by atoms with van der Waals surface area (Å²) in [4.78, 5) is 10.7. The molecule has 3 nitrogen and oxygen atoms in total. The van der Waals surface area contributed by atoms with Gasteiger partial charge in [0.15, 0.2) is 0 Å². The van der Waals surface area contributed by atoms with E-state index in [2.05, 4.69) is 0 Å². The third-order valence-electron chi connectivity index (χ3n) is 2.83. The van der Waals surface area contributed by atoms with E-state index >= 15 is 0 Å². The molecule has 0 bridgehead atoms. The van der Waals surface area contributed by atoms with E-state index in [1.807, 2.05) is 43.3 Å². The van der Waals surface area contributed by atoms with E-state index in [9.17, 15) is 4.79 Å². The molecule has 104 valence electrons. The van der Waals surface area contributed by atoms with Gasteiger partial charge in [0.25, 0.3) is 0 Å². The summed E-state index contributed by atoms with van der Waals surface area (Å²) in [5.74, 6) is -0.217. The van der Waals surface area contributed by atoms with Gasteiger partial charge in [0.05, 0.1) is 11.4 Å². The Balaban J connectivity index is 2.05. The maximum atomic E-state index is 10.7. The second-order valence-corrected chi connectivity index (χ2v) is 5.02. The van der Waals surface area contributed by atoms with Crippen molar-refractivity contribution in [2.24, 2.45) is 0 Å². The Morgan fingerprint density at radius 3 is 2.65 bits per heavy atom. The van der Waals surface area contributed by atoms with Crippen molar-refractivity contribution in [2.75, 3.05) is 0 Å². The predicted octanol–water partition coefficient (Wildman–Crippen LogP) is 3.85. The molecule has 0 saturated heterocycles. The minimum absolute atomic E-state index is 0.0130. The van der Waals surface area contributed by atoms with Crippen LogP contribution in [-0.4, -0.2) is 11.1 Å². The van der Waals surface area contributed by atoms with Crippen molar-refractivity contribution in [2.45, 2.75) is 20.0 Å². The van der Waals surface area contributed by atoms with E-state index in [1.54, 1.807) is 6.07 Å². The molecule has 0 atom stereocenters. The molecule has 2 aromatic rings. The Bertz CT molecular complexity index is 623. The van der Waals surface area contributed by atoms with Gasteiger partial charge in [0.1, 0.15) is 12.4 Å². The van der Waals surface area contributed by atoms with E-state index in [0.717, 1.165) is 16.7 Å². The van der Waals surface area contributed by atoms with Crippen LogP contribution in [-0.2, 0) is 17.8 Å². The second kappa shape index (κ2) is 6.44. The molecule has 0 aliphatic carbocycles. The van der Waals surface area contributed by atoms with Gasteiger partial charge in [-0.25, -0.2) is 0 Å². The molecule has 0 saturated carbocycles. The molecule has 20 heavy (non-hydrogen) atoms. The number of carboxylic acids is 1. The predicted molar refractivity (Wildman–Crippen MR) is 78.3 cm³/mol. The van der Waals surface area contributed by atoms with Crippen LogP contribution in [0.4, 0.5) is 0 Å². The van der Waals surface area contributed by atoms with Gasteiger partial charge >= 0.3 is 5.97 Å². The van der Waals surface area contributed by atoms with Crippen molar-refractivity contribution in [1.29, 1.82) is 0 Å². The normalized spacial score (nSPS) is 10.3. The monoisotopic (exact) mass is 290 g/mol. The molecule has 2 aromatic carbocycles. The third-order valence-corrected chi connectivity index (χ3v) is 3.12. The molecule has 2 rings (SSSR count). The highest BCUT2D eigenvalue weighted by Gasteiger charge is 2.04. The Morgan fingerprint density at radius 1 is 1.20 bits per heavy atom. The number of halogens is 1. The van der Waals surface area contributed by atoms with Crippen LogP contribution < -0.4 is 4.74 Å². The van der Waals surface area contributed by atoms with Crippen LogP contribution in [0.2, 0.25) is 5.02 Å². The van der Waals surface area contributed by atoms with Crippen LogP contribution in [0.5, 0.6) is 5.75 Å². The van der Waals surface area contributed by atoms with Gasteiger partial charge in [-0.1, -0.05) is 41.9 Å². The summed E-state index contributed by atoms with van der Waals surface area (Å²) in [6.07, 6.45) is 0.0130. The Hall–Kier alpha value is -2.00. The molecule has 0 spiro atoms. The molecule has 0 fully saturated rings. The smallest absolute Gasteiger partial charge is 0.307 e. The molecule has 0 aromatic heterocycles. The molecule has 0 aliphatic rings. The topological polar surface area (TPSA) is 46.5 Å². The molecule has 0 radical (unpaired) electrons. The maximum Gasteiger partial charge on any atom is 0.307 e. The Labute approximate surface area is 122 Å². The number of hydrogen-bond acceptors (Lipinski definition) is 2. The SMILES string of the molecule is Cc1ccc(OCc2cccc(CC(=O)O)c2)c(Cl)c1. The lowest BCUT2D eigenvalue weighted by Gasteiger charge is -2.09. The fourth-order valence-corrected chi connectivity index (χ4v) is 2.18. The molecular weight excluding hydrogens is 276 g/mol. The van der Waals surface area contributed by atoms with Crippen molar-refractivity contribution >= 4 is 17.6 Å². The van der Waals surface area contributed by atoms with E-state index in [1.165, 1.54) is 0 Å². The van der Waals surface area contributed by atoms with Crippen LogP contribution in [0.3, 0.4) is 0 Å². The van der Waals surface area contributed by atoms with Crippen LogP contribution in [0.25, 0.3) is 0 Å². The zero-order valence-corrected chi connectivity index (χ0v) is 11.9. The minimum atomic E-state index is -0.843. The number of carboxylic acid groups (broad SMARTS) is 1. The summed E-state index contributed by atoms with van der Waals surface area (Å²) in [6, 6.07) is 13.0. The number of aryl methyl sites for hydroxylation is 1. The first-order valence-electron chi connectivity index (χ1n) is 6.23. The largest absolute Gasteiger partial charge is 0.487 e. The number of carbonyl (C=O) groups is 1. The average molecular weight is 291 g/mol. The number of aliphatic carboxylic acids is 1. The molecular formula is C16H15ClO3. The summed E-state index contributed by atoms with van der Waals surface area (Å²) in [5, 5.41) is 9.36. The molecule has 0 aliphatic heterocycles. The number of ether oxygens (including phenoxy) is 1. The molecule has 0 heterocycles. The van der Waals surface area contributed by atoms with E-state index in [4.69, 9.17) is 21.4 Å². The van der Waals surface area contributed by atoms with Crippen LogP contribution in [0, 0.1) is 6.92 Å². The maximum absolute atomic E-state index is 10.7. The first kappa shape index (κ1) is 14.4. The summed E-state index contributed by atoms with van der Waals surface area (Å²) in [7, 11) is 0. The van der Waals surface area contributed by atoms with E-state index in [-0.39, 0.29) is 6.42 Å². The van der Waals surface area contributed by atoms with Gasteiger partial charge < -0.3 is 9.84 Å². The lowest BCUT2D eigenvalue weighted by atomic mass is 10.1. The Kier molecular flexibility index (Phi) is 4.64. The lowest BCUT2D eigenvalue weighted by Crippen LogP contribution is -2.02. The van der Waals surface area contributed by atoms with Crippen molar-refractivity contribution in [1.82, 2.24) is 0 Å². The van der Waals surface area contributed by atoms with Gasteiger partial charge in [-0.2, -0.15) is 0 Å². The summed E-state index contributed by atoms with van der Waals surface area (Å²) < 4.78 is 5.66. The summed E-state index contributed by atoms with van der Waals surface area (Å²) >= 11 is 6.09. The van der Waals surface area contributed by atoms with Crippen LogP contribution >= 0.6 is 11.6 Å². The Morgan fingerprint density at radius 2 is 1.95 bits per heavy atom. The zero-order valence-electron chi connectivity index (χ0n) is 11.1. The van der Waals surface area contributed by atoms with Gasteiger partial charge in [0, 0.05) is 0 Å². The highest BCUT2D eigenvalue weighted by molar-refractivity contribution is 6.32. The summed E-state index contributed by atoms with van der Waals surface area (Å²) in [6.45, 7) is 2.32. The van der Waals surface area contributed by atoms with Crippen molar-refractivity contribution in [3.05, 3.63) is 64.2 Å². The second-order valence-electron chi connectivity index (χ2n) is 4.61. The molecule has 0 amide bonds. The van der Waals surface area contributed by atoms with E-state index < -0.39 is 5.97 Å². The molecule has 4 heteroatoms. The fourth-order valence-electron chi connectivity index (χ4n) is 1.89. The van der Waals surface area contributed by atoms with E-state index in [0.29, 0.717) is 17.4 Å². The van der Waals surface area contributed by atoms with Crippen LogP contribution in [0.1, 0.15) is 16.7 Å². The molecule has 0 unspecified atom stereocenters. The quantitative estimate of drug-likeness (QED) is 0.909. The van der Waals surface area contributed by atoms with Crippen LogP contribution in [0.15, 0.2) is 42.5 Å². The van der Waals surface area contributed by atoms with Gasteiger partial charge in [-0.05, 0) is 35.7 Å². The van der Waals surface area contributed by atoms with Crippen molar-refractivity contribution in [3.8, 4) is 5.75 Å². The number of rotatable bonds is 5. The zero-order chi connectivity index (χ0) is 14.5. The average Bonchev–Trinajstić information content (AvgIpc) is 2.37. The van der Waals surface area contributed by atoms with Gasteiger partial charge in [-0.15, -0.1) is 0 Å². The number of hydrogen-bond donors (Lipinski definition) is 1. The van der Waals surface area contributed by atoms with Crippen molar-refractivity contribution < 1.29 is 14.6 Å². The van der Waals surface area contributed by atoms with Gasteiger partial charge in [0.2, 0.25) is 0 Å². The summed E-state index contributed by atoms with van der Waals surface area (Å²) in [5.41, 5.74) is 2.75. The van der Waals surface area contributed by atoms with Gasteiger partial charge in [-0.3, -0.25) is 4.79 Å². The first-order valence-corrected chi connectivity index (χ1v) is 6.61. The number of benzene rings is 2. The lowest BCUT2D eigenvalue weighted by molar-refractivity contribution is -0.136. The first-order chi connectivity index (χ1) is 9.54. The highest BCUT2D eigenvalue weighted by atomic mass is 35.5. The highest BCUT2D eigenvalue weighted by Crippen LogP contribution is 2.26.